The Labute approximate surface area is 155 Å². The quantitative estimate of drug-likeness (QED) is 0.624. The lowest BCUT2D eigenvalue weighted by molar-refractivity contribution is -0.126. The summed E-state index contributed by atoms with van der Waals surface area (Å²) < 4.78 is 0. The Morgan fingerprint density at radius 1 is 1.15 bits per heavy atom. The largest absolute Gasteiger partial charge is 0.476 e. The molecule has 0 atom stereocenters. The van der Waals surface area contributed by atoms with Gasteiger partial charge in [-0.3, -0.25) is 9.59 Å². The van der Waals surface area contributed by atoms with Crippen LogP contribution in [0.15, 0.2) is 29.6 Å². The maximum atomic E-state index is 11.9. The van der Waals surface area contributed by atoms with Crippen molar-refractivity contribution < 1.29 is 19.5 Å². The van der Waals surface area contributed by atoms with Gasteiger partial charge in [0.1, 0.15) is 5.01 Å². The number of aromatic nitrogens is 1. The highest BCUT2D eigenvalue weighted by molar-refractivity contribution is 7.13. The second kappa shape index (κ2) is 9.67. The lowest BCUT2D eigenvalue weighted by Gasteiger charge is -2.07. The molecule has 0 unspecified atom stereocenters. The summed E-state index contributed by atoms with van der Waals surface area (Å²) in [6, 6.07) is 7.40. The molecule has 8 heteroatoms. The molecule has 0 aliphatic heterocycles. The van der Waals surface area contributed by atoms with Crippen molar-refractivity contribution in [2.45, 2.75) is 32.7 Å². The molecule has 1 aromatic carbocycles. The van der Waals surface area contributed by atoms with Gasteiger partial charge >= 0.3 is 5.97 Å². The first-order valence-electron chi connectivity index (χ1n) is 8.31. The van der Waals surface area contributed by atoms with E-state index >= 15 is 0 Å². The summed E-state index contributed by atoms with van der Waals surface area (Å²) in [5, 5.41) is 16.6. The van der Waals surface area contributed by atoms with Crippen molar-refractivity contribution in [3.63, 3.8) is 0 Å². The number of benzene rings is 1. The van der Waals surface area contributed by atoms with E-state index in [1.807, 2.05) is 31.2 Å². The van der Waals surface area contributed by atoms with Crippen LogP contribution in [0.4, 0.5) is 0 Å². The number of thiazole rings is 1. The number of aromatic carboxylic acids is 1. The number of nitrogens with zero attached hydrogens (tertiary/aromatic N) is 1. The van der Waals surface area contributed by atoms with Crippen molar-refractivity contribution >= 4 is 29.1 Å². The predicted octanol–water partition coefficient (Wildman–Crippen LogP) is 2.43. The van der Waals surface area contributed by atoms with Crippen molar-refractivity contribution in [1.29, 1.82) is 0 Å². The molecule has 0 radical (unpaired) electrons. The zero-order valence-electron chi connectivity index (χ0n) is 14.4. The molecule has 0 saturated heterocycles. The molecule has 138 valence electrons. The van der Waals surface area contributed by atoms with Crippen molar-refractivity contribution in [2.24, 2.45) is 0 Å². The second-order valence-corrected chi connectivity index (χ2v) is 6.53. The van der Waals surface area contributed by atoms with E-state index in [2.05, 4.69) is 15.6 Å². The number of nitrogens with one attached hydrogen (secondary N) is 2. The maximum absolute atomic E-state index is 11.9. The van der Waals surface area contributed by atoms with Gasteiger partial charge in [0.25, 0.3) is 0 Å². The Hall–Kier alpha value is -2.74. The van der Waals surface area contributed by atoms with Crippen LogP contribution in [0.25, 0.3) is 10.6 Å². The average Bonchev–Trinajstić information content (AvgIpc) is 3.14. The third-order valence-corrected chi connectivity index (χ3v) is 4.43. The first-order chi connectivity index (χ1) is 12.5. The van der Waals surface area contributed by atoms with E-state index in [0.717, 1.165) is 17.5 Å². The van der Waals surface area contributed by atoms with Crippen LogP contribution >= 0.6 is 11.3 Å². The fraction of sp³-hybridized carbons (Fsp3) is 0.333. The fourth-order valence-electron chi connectivity index (χ4n) is 2.19. The summed E-state index contributed by atoms with van der Waals surface area (Å²) in [4.78, 5) is 38.4. The first-order valence-corrected chi connectivity index (χ1v) is 9.19. The van der Waals surface area contributed by atoms with Crippen molar-refractivity contribution in [2.75, 3.05) is 6.54 Å². The van der Waals surface area contributed by atoms with Crippen LogP contribution in [0.5, 0.6) is 0 Å². The summed E-state index contributed by atoms with van der Waals surface area (Å²) in [5.74, 6) is -1.37. The summed E-state index contributed by atoms with van der Waals surface area (Å²) in [5.41, 5.74) is 1.69. The van der Waals surface area contributed by atoms with Gasteiger partial charge in [-0.2, -0.15) is 0 Å². The Balaban J connectivity index is 1.87. The number of hydrogen-bond donors (Lipinski definition) is 3. The van der Waals surface area contributed by atoms with E-state index in [0.29, 0.717) is 18.1 Å². The molecule has 7 nitrogen and oxygen atoms in total. The lowest BCUT2D eigenvalue weighted by Crippen LogP contribution is -2.27. The van der Waals surface area contributed by atoms with E-state index in [4.69, 9.17) is 5.11 Å². The number of amides is 2. The van der Waals surface area contributed by atoms with Crippen LogP contribution in [0.2, 0.25) is 0 Å². The molecule has 2 amide bonds. The fourth-order valence-corrected chi connectivity index (χ4v) is 2.98. The predicted molar refractivity (Wildman–Crippen MR) is 98.9 cm³/mol. The second-order valence-electron chi connectivity index (χ2n) is 5.67. The van der Waals surface area contributed by atoms with Crippen LogP contribution in [0, 0.1) is 0 Å². The van der Waals surface area contributed by atoms with E-state index in [9.17, 15) is 14.4 Å². The molecule has 0 aliphatic rings. The summed E-state index contributed by atoms with van der Waals surface area (Å²) >= 11 is 1.26. The third-order valence-electron chi connectivity index (χ3n) is 3.54. The molecule has 2 aromatic rings. The van der Waals surface area contributed by atoms with Gasteiger partial charge in [0.2, 0.25) is 11.8 Å². The summed E-state index contributed by atoms with van der Waals surface area (Å²) in [7, 11) is 0. The van der Waals surface area contributed by atoms with Crippen LogP contribution in [0.3, 0.4) is 0 Å². The number of carbonyl (C=O) groups excluding carboxylic acids is 2. The number of rotatable bonds is 9. The molecule has 1 heterocycles. The highest BCUT2D eigenvalue weighted by Gasteiger charge is 2.11. The minimum absolute atomic E-state index is 0.0186. The van der Waals surface area contributed by atoms with E-state index < -0.39 is 5.97 Å². The van der Waals surface area contributed by atoms with Crippen molar-refractivity contribution in [3.8, 4) is 10.6 Å². The molecular weight excluding hydrogens is 354 g/mol. The number of carboxylic acids is 1. The van der Waals surface area contributed by atoms with Gasteiger partial charge in [-0.25, -0.2) is 9.78 Å². The topological polar surface area (TPSA) is 108 Å². The molecule has 3 N–H and O–H groups in total. The lowest BCUT2D eigenvalue weighted by atomic mass is 10.1. The van der Waals surface area contributed by atoms with Gasteiger partial charge < -0.3 is 15.7 Å². The molecule has 0 bridgehead atoms. The van der Waals surface area contributed by atoms with Crippen molar-refractivity contribution in [3.05, 3.63) is 40.9 Å². The van der Waals surface area contributed by atoms with E-state index in [1.54, 1.807) is 0 Å². The monoisotopic (exact) mass is 375 g/mol. The maximum Gasteiger partial charge on any atom is 0.355 e. The Kier molecular flexibility index (Phi) is 7.28. The normalized spacial score (nSPS) is 10.3. The van der Waals surface area contributed by atoms with Gasteiger partial charge in [-0.15, -0.1) is 11.3 Å². The van der Waals surface area contributed by atoms with E-state index in [1.165, 1.54) is 16.7 Å². The van der Waals surface area contributed by atoms with Crippen LogP contribution in [-0.4, -0.2) is 34.4 Å². The SMILES string of the molecule is CCCNC(=O)CCC(=O)NCc1cccc(-c2nc(C(=O)O)cs2)c1. The van der Waals surface area contributed by atoms with Crippen LogP contribution < -0.4 is 10.6 Å². The third kappa shape index (κ3) is 5.96. The average molecular weight is 375 g/mol. The zero-order chi connectivity index (χ0) is 18.9. The molecule has 0 aliphatic carbocycles. The highest BCUT2D eigenvalue weighted by Crippen LogP contribution is 2.24. The minimum Gasteiger partial charge on any atom is -0.476 e. The van der Waals surface area contributed by atoms with Crippen LogP contribution in [0.1, 0.15) is 42.2 Å². The van der Waals surface area contributed by atoms with E-state index in [-0.39, 0.29) is 30.3 Å². The van der Waals surface area contributed by atoms with Gasteiger partial charge in [-0.05, 0) is 18.1 Å². The van der Waals surface area contributed by atoms with Gasteiger partial charge in [0.05, 0.1) is 0 Å². The highest BCUT2D eigenvalue weighted by atomic mass is 32.1. The number of carbonyl (C=O) groups is 3. The summed E-state index contributed by atoms with van der Waals surface area (Å²) in [6.45, 7) is 2.92. The smallest absolute Gasteiger partial charge is 0.355 e. The van der Waals surface area contributed by atoms with Gasteiger partial charge in [0, 0.05) is 36.9 Å². The number of carboxylic acid groups (broad SMARTS) is 1. The van der Waals surface area contributed by atoms with Gasteiger partial charge in [0.15, 0.2) is 5.69 Å². The molecule has 2 rings (SSSR count). The van der Waals surface area contributed by atoms with Crippen LogP contribution in [-0.2, 0) is 16.1 Å². The number of hydrogen-bond acceptors (Lipinski definition) is 5. The molecule has 0 fully saturated rings. The first kappa shape index (κ1) is 19.6. The Bertz CT molecular complexity index is 788. The van der Waals surface area contributed by atoms with Crippen molar-refractivity contribution in [1.82, 2.24) is 15.6 Å². The van der Waals surface area contributed by atoms with Gasteiger partial charge in [-0.1, -0.05) is 25.1 Å². The standard InChI is InChI=1S/C18H21N3O4S/c1-2-8-19-15(22)6-7-16(23)20-10-12-4-3-5-13(9-12)17-21-14(11-26-17)18(24)25/h3-5,9,11H,2,6-8,10H2,1H3,(H,19,22)(H,20,23)(H,24,25). The molecule has 26 heavy (non-hydrogen) atoms. The Morgan fingerprint density at radius 3 is 2.54 bits per heavy atom. The molecule has 0 saturated carbocycles. The molecule has 1 aromatic heterocycles. The molecular formula is C18H21N3O4S. The zero-order valence-corrected chi connectivity index (χ0v) is 15.3. The minimum atomic E-state index is -1.06. The Morgan fingerprint density at radius 2 is 1.88 bits per heavy atom. The summed E-state index contributed by atoms with van der Waals surface area (Å²) in [6.07, 6.45) is 1.17. The molecule has 0 spiro atoms.